The van der Waals surface area contributed by atoms with Crippen LogP contribution in [-0.2, 0) is 11.3 Å². The van der Waals surface area contributed by atoms with Gasteiger partial charge in [0.25, 0.3) is 0 Å². The number of methoxy groups -OCH3 is 3. The highest BCUT2D eigenvalue weighted by molar-refractivity contribution is 5.81. The number of amides is 1. The van der Waals surface area contributed by atoms with E-state index in [-0.39, 0.29) is 12.0 Å². The van der Waals surface area contributed by atoms with Crippen LogP contribution in [0.2, 0.25) is 0 Å². The van der Waals surface area contributed by atoms with E-state index >= 15 is 0 Å². The number of ether oxygens (including phenoxy) is 3. The van der Waals surface area contributed by atoms with E-state index in [1.165, 1.54) is 19.3 Å². The molecule has 8 heteroatoms. The average Bonchev–Trinajstić information content (AvgIpc) is 3.29. The number of carbonyl (C=O) groups excluding carboxylic acids is 1. The van der Waals surface area contributed by atoms with Gasteiger partial charge in [-0.25, -0.2) is 0 Å². The number of aliphatic imine (C=N–C) groups is 1. The minimum absolute atomic E-state index is 0.193. The molecule has 1 aliphatic carbocycles. The highest BCUT2D eigenvalue weighted by atomic mass is 16.5. The van der Waals surface area contributed by atoms with Gasteiger partial charge in [0.1, 0.15) is 17.2 Å². The first-order valence-electron chi connectivity index (χ1n) is 11.1. The van der Waals surface area contributed by atoms with Crippen molar-refractivity contribution in [2.45, 2.75) is 51.1 Å². The van der Waals surface area contributed by atoms with Crippen molar-refractivity contribution >= 4 is 11.9 Å². The molecule has 0 spiro atoms. The third-order valence-electron chi connectivity index (χ3n) is 6.27. The molecule has 3 rings (SSSR count). The molecule has 1 amide bonds. The predicted molar refractivity (Wildman–Crippen MR) is 121 cm³/mol. The summed E-state index contributed by atoms with van der Waals surface area (Å²) in [6.07, 6.45) is 6.64. The fourth-order valence-corrected chi connectivity index (χ4v) is 4.50. The Morgan fingerprint density at radius 3 is 2.32 bits per heavy atom. The summed E-state index contributed by atoms with van der Waals surface area (Å²) in [5.74, 6) is 3.29. The predicted octanol–water partition coefficient (Wildman–Crippen LogP) is 2.56. The SMILES string of the molecule is CN=C(NCc1c(OC)cc(OC)cc1OC)NC1CCN(C(=O)C2CCCCC2)C1. The first-order chi connectivity index (χ1) is 15.1. The zero-order valence-electron chi connectivity index (χ0n) is 19.2. The lowest BCUT2D eigenvalue weighted by Crippen LogP contribution is -2.45. The lowest BCUT2D eigenvalue weighted by atomic mass is 9.88. The molecule has 0 aromatic heterocycles. The molecule has 0 bridgehead atoms. The van der Waals surface area contributed by atoms with Crippen molar-refractivity contribution in [3.8, 4) is 17.2 Å². The molecular weight excluding hydrogens is 396 g/mol. The normalized spacial score (nSPS) is 19.8. The zero-order valence-corrected chi connectivity index (χ0v) is 19.2. The Hall–Kier alpha value is -2.64. The summed E-state index contributed by atoms with van der Waals surface area (Å²) in [4.78, 5) is 19.2. The van der Waals surface area contributed by atoms with E-state index in [1.54, 1.807) is 28.4 Å². The van der Waals surface area contributed by atoms with Crippen LogP contribution in [0.5, 0.6) is 17.2 Å². The Morgan fingerprint density at radius 1 is 1.06 bits per heavy atom. The standard InChI is InChI=1S/C23H36N4O4/c1-24-23(25-14-19-20(30-3)12-18(29-2)13-21(19)31-4)26-17-10-11-27(15-17)22(28)16-8-6-5-7-9-16/h12-13,16-17H,5-11,14-15H2,1-4H3,(H2,24,25,26). The first kappa shape index (κ1) is 23.0. The molecule has 2 N–H and O–H groups in total. The molecule has 1 saturated heterocycles. The van der Waals surface area contributed by atoms with Crippen LogP contribution in [0.15, 0.2) is 17.1 Å². The molecule has 1 aliphatic heterocycles. The molecule has 1 aromatic carbocycles. The molecule has 1 saturated carbocycles. The van der Waals surface area contributed by atoms with E-state index in [2.05, 4.69) is 15.6 Å². The Kier molecular flexibility index (Phi) is 8.26. The number of guanidine groups is 1. The van der Waals surface area contributed by atoms with Gasteiger partial charge in [-0.3, -0.25) is 9.79 Å². The van der Waals surface area contributed by atoms with Gasteiger partial charge in [0.2, 0.25) is 5.91 Å². The van der Waals surface area contributed by atoms with Crippen LogP contribution < -0.4 is 24.8 Å². The van der Waals surface area contributed by atoms with E-state index in [0.717, 1.165) is 37.9 Å². The van der Waals surface area contributed by atoms with E-state index < -0.39 is 0 Å². The molecule has 8 nitrogen and oxygen atoms in total. The van der Waals surface area contributed by atoms with E-state index in [1.807, 2.05) is 17.0 Å². The van der Waals surface area contributed by atoms with Crippen LogP contribution in [0.3, 0.4) is 0 Å². The second kappa shape index (κ2) is 11.1. The third-order valence-corrected chi connectivity index (χ3v) is 6.27. The lowest BCUT2D eigenvalue weighted by Gasteiger charge is -2.26. The molecule has 1 atom stereocenters. The largest absolute Gasteiger partial charge is 0.496 e. The molecule has 1 aromatic rings. The maximum atomic E-state index is 12.8. The van der Waals surface area contributed by atoms with Crippen LogP contribution in [-0.4, -0.2) is 64.3 Å². The minimum atomic E-state index is 0.193. The number of hydrogen-bond acceptors (Lipinski definition) is 5. The Bertz CT molecular complexity index is 752. The number of nitrogens with zero attached hydrogens (tertiary/aromatic N) is 2. The van der Waals surface area contributed by atoms with Gasteiger partial charge in [-0.15, -0.1) is 0 Å². The van der Waals surface area contributed by atoms with E-state index in [4.69, 9.17) is 14.2 Å². The summed E-state index contributed by atoms with van der Waals surface area (Å²) in [5.41, 5.74) is 0.884. The fraction of sp³-hybridized carbons (Fsp3) is 0.652. The number of carbonyl (C=O) groups is 1. The van der Waals surface area contributed by atoms with Crippen molar-refractivity contribution in [2.24, 2.45) is 10.9 Å². The van der Waals surface area contributed by atoms with Crippen LogP contribution in [0.1, 0.15) is 44.1 Å². The van der Waals surface area contributed by atoms with Gasteiger partial charge >= 0.3 is 0 Å². The van der Waals surface area contributed by atoms with Crippen LogP contribution in [0.4, 0.5) is 0 Å². The van der Waals surface area contributed by atoms with Crippen LogP contribution in [0, 0.1) is 5.92 Å². The van der Waals surface area contributed by atoms with Gasteiger partial charge in [0, 0.05) is 44.2 Å². The third kappa shape index (κ3) is 5.74. The maximum absolute atomic E-state index is 12.8. The number of benzene rings is 1. The van der Waals surface area contributed by atoms with Crippen molar-refractivity contribution in [3.05, 3.63) is 17.7 Å². The number of rotatable bonds is 7. The average molecular weight is 433 g/mol. The monoisotopic (exact) mass is 432 g/mol. The molecule has 172 valence electrons. The fourth-order valence-electron chi connectivity index (χ4n) is 4.50. The molecular formula is C23H36N4O4. The highest BCUT2D eigenvalue weighted by Crippen LogP contribution is 2.34. The first-order valence-corrected chi connectivity index (χ1v) is 11.1. The number of nitrogens with one attached hydrogen (secondary N) is 2. The van der Waals surface area contributed by atoms with E-state index in [9.17, 15) is 4.79 Å². The summed E-state index contributed by atoms with van der Waals surface area (Å²) in [5, 5.41) is 6.80. The summed E-state index contributed by atoms with van der Waals surface area (Å²) >= 11 is 0. The Balaban J connectivity index is 1.56. The molecule has 1 heterocycles. The quantitative estimate of drug-likeness (QED) is 0.509. The smallest absolute Gasteiger partial charge is 0.225 e. The zero-order chi connectivity index (χ0) is 22.2. The van der Waals surface area contributed by atoms with Crippen molar-refractivity contribution < 1.29 is 19.0 Å². The Morgan fingerprint density at radius 2 is 1.74 bits per heavy atom. The second-order valence-corrected chi connectivity index (χ2v) is 8.19. The van der Waals surface area contributed by atoms with Crippen molar-refractivity contribution in [3.63, 3.8) is 0 Å². The summed E-state index contributed by atoms with van der Waals surface area (Å²) in [7, 11) is 6.61. The molecule has 0 radical (unpaired) electrons. The molecule has 31 heavy (non-hydrogen) atoms. The summed E-state index contributed by atoms with van der Waals surface area (Å²) < 4.78 is 16.4. The maximum Gasteiger partial charge on any atom is 0.225 e. The topological polar surface area (TPSA) is 84.4 Å². The van der Waals surface area contributed by atoms with Crippen molar-refractivity contribution in [1.82, 2.24) is 15.5 Å². The van der Waals surface area contributed by atoms with Gasteiger partial charge < -0.3 is 29.7 Å². The molecule has 2 fully saturated rings. The molecule has 2 aliphatic rings. The number of hydrogen-bond donors (Lipinski definition) is 2. The van der Waals surface area contributed by atoms with Gasteiger partial charge in [-0.2, -0.15) is 0 Å². The van der Waals surface area contributed by atoms with Crippen molar-refractivity contribution in [1.29, 1.82) is 0 Å². The van der Waals surface area contributed by atoms with Crippen LogP contribution >= 0.6 is 0 Å². The van der Waals surface area contributed by atoms with Crippen molar-refractivity contribution in [2.75, 3.05) is 41.5 Å². The van der Waals surface area contributed by atoms with Gasteiger partial charge in [0.05, 0.1) is 33.4 Å². The van der Waals surface area contributed by atoms with Gasteiger partial charge in [-0.05, 0) is 19.3 Å². The molecule has 1 unspecified atom stereocenters. The minimum Gasteiger partial charge on any atom is -0.496 e. The lowest BCUT2D eigenvalue weighted by molar-refractivity contribution is -0.135. The summed E-state index contributed by atoms with van der Waals surface area (Å²) in [6.45, 7) is 2.02. The van der Waals surface area contributed by atoms with E-state index in [0.29, 0.717) is 35.7 Å². The Labute approximate surface area is 185 Å². The number of likely N-dealkylation sites (tertiary alicyclic amines) is 1. The van der Waals surface area contributed by atoms with Gasteiger partial charge in [0.15, 0.2) is 5.96 Å². The van der Waals surface area contributed by atoms with Crippen LogP contribution in [0.25, 0.3) is 0 Å². The highest BCUT2D eigenvalue weighted by Gasteiger charge is 2.31. The second-order valence-electron chi connectivity index (χ2n) is 8.19. The van der Waals surface area contributed by atoms with Gasteiger partial charge in [-0.1, -0.05) is 19.3 Å². The summed E-state index contributed by atoms with van der Waals surface area (Å²) in [6, 6.07) is 3.86.